The highest BCUT2D eigenvalue weighted by atomic mass is 16.6. The SMILES string of the molecule is CC1(OC(=O)COC(=O)C(C)(C(C)(C)C)C(C)(C)C)C2CC3CC(C2)CC1C3. The fourth-order valence-electron chi connectivity index (χ4n) is 6.57. The molecule has 4 heteroatoms. The standard InChI is InChI=1S/C24H40O4/c1-21(2,3)24(8,22(4,5)6)20(26)27-14-19(25)28-23(7)17-10-15-9-16(12-17)13-18(23)11-15/h15-18H,9-14H2,1-8H3. The zero-order chi connectivity index (χ0) is 21.1. The first-order valence-corrected chi connectivity index (χ1v) is 11.1. The molecule has 0 unspecified atom stereocenters. The third kappa shape index (κ3) is 3.39. The van der Waals surface area contributed by atoms with Gasteiger partial charge in [-0.3, -0.25) is 4.79 Å². The minimum atomic E-state index is -0.715. The third-order valence-electron chi connectivity index (χ3n) is 8.82. The summed E-state index contributed by atoms with van der Waals surface area (Å²) < 4.78 is 11.6. The van der Waals surface area contributed by atoms with Crippen LogP contribution in [0.5, 0.6) is 0 Å². The Morgan fingerprint density at radius 3 is 1.64 bits per heavy atom. The summed E-state index contributed by atoms with van der Waals surface area (Å²) in [7, 11) is 0. The van der Waals surface area contributed by atoms with E-state index in [1.54, 1.807) is 0 Å². The number of esters is 2. The molecule has 0 aromatic heterocycles. The molecule has 28 heavy (non-hydrogen) atoms. The Morgan fingerprint density at radius 2 is 1.25 bits per heavy atom. The molecule has 0 aromatic rings. The van der Waals surface area contributed by atoms with Crippen LogP contribution < -0.4 is 0 Å². The van der Waals surface area contributed by atoms with Gasteiger partial charge in [-0.15, -0.1) is 0 Å². The van der Waals surface area contributed by atoms with Gasteiger partial charge in [0.15, 0.2) is 6.61 Å². The Balaban J connectivity index is 1.63. The first-order chi connectivity index (χ1) is 12.7. The van der Waals surface area contributed by atoms with Gasteiger partial charge in [0.2, 0.25) is 0 Å². The second-order valence-corrected chi connectivity index (χ2v) is 12.2. The van der Waals surface area contributed by atoms with Crippen LogP contribution in [0.1, 0.15) is 87.5 Å². The predicted molar refractivity (Wildman–Crippen MR) is 110 cm³/mol. The summed E-state index contributed by atoms with van der Waals surface area (Å²) in [5.41, 5.74) is -1.68. The van der Waals surface area contributed by atoms with Gasteiger partial charge in [0.05, 0.1) is 5.41 Å². The minimum absolute atomic E-state index is 0.289. The number of rotatable bonds is 4. The monoisotopic (exact) mass is 392 g/mol. The Labute approximate surface area is 171 Å². The zero-order valence-corrected chi connectivity index (χ0v) is 19.2. The van der Waals surface area contributed by atoms with E-state index in [2.05, 4.69) is 6.92 Å². The topological polar surface area (TPSA) is 52.6 Å². The molecule has 4 nitrogen and oxygen atoms in total. The average Bonchev–Trinajstić information content (AvgIpc) is 2.54. The molecule has 4 aliphatic carbocycles. The summed E-state index contributed by atoms with van der Waals surface area (Å²) in [4.78, 5) is 25.7. The van der Waals surface area contributed by atoms with Gasteiger partial charge in [0.25, 0.3) is 0 Å². The van der Waals surface area contributed by atoms with Crippen LogP contribution in [0.2, 0.25) is 0 Å². The summed E-state index contributed by atoms with van der Waals surface area (Å²) in [6, 6.07) is 0. The molecular formula is C24H40O4. The summed E-state index contributed by atoms with van der Waals surface area (Å²) >= 11 is 0. The lowest BCUT2D eigenvalue weighted by Gasteiger charge is -2.59. The van der Waals surface area contributed by atoms with Gasteiger partial charge in [0.1, 0.15) is 5.60 Å². The summed E-state index contributed by atoms with van der Waals surface area (Å²) in [6.45, 7) is 16.1. The number of hydrogen-bond acceptors (Lipinski definition) is 4. The number of ether oxygens (including phenoxy) is 2. The molecular weight excluding hydrogens is 352 g/mol. The van der Waals surface area contributed by atoms with Crippen LogP contribution in [-0.2, 0) is 19.1 Å². The van der Waals surface area contributed by atoms with Crippen molar-refractivity contribution >= 4 is 11.9 Å². The van der Waals surface area contributed by atoms with E-state index < -0.39 is 11.4 Å². The summed E-state index contributed by atoms with van der Waals surface area (Å²) in [6.07, 6.45) is 6.10. The fourth-order valence-corrected chi connectivity index (χ4v) is 6.57. The molecule has 0 amide bonds. The molecule has 0 aromatic carbocycles. The molecule has 0 atom stereocenters. The predicted octanol–water partition coefficient (Wildman–Crippen LogP) is 5.39. The van der Waals surface area contributed by atoms with Crippen LogP contribution in [0.3, 0.4) is 0 Å². The molecule has 4 saturated carbocycles. The van der Waals surface area contributed by atoms with Gasteiger partial charge in [-0.05, 0) is 80.5 Å². The normalized spacial score (nSPS) is 35.0. The molecule has 4 bridgehead atoms. The maximum absolute atomic E-state index is 13.0. The Hall–Kier alpha value is -1.06. The average molecular weight is 393 g/mol. The van der Waals surface area contributed by atoms with E-state index in [1.165, 1.54) is 32.1 Å². The Morgan fingerprint density at radius 1 is 0.821 bits per heavy atom. The van der Waals surface area contributed by atoms with E-state index in [0.29, 0.717) is 11.8 Å². The number of hydrogen-bond donors (Lipinski definition) is 0. The quantitative estimate of drug-likeness (QED) is 0.602. The van der Waals surface area contributed by atoms with E-state index in [1.807, 2.05) is 48.5 Å². The van der Waals surface area contributed by atoms with Crippen LogP contribution in [0.15, 0.2) is 0 Å². The molecule has 0 aliphatic heterocycles. The summed E-state index contributed by atoms with van der Waals surface area (Å²) in [5, 5.41) is 0. The van der Waals surface area contributed by atoms with E-state index >= 15 is 0 Å². The lowest BCUT2D eigenvalue weighted by atomic mass is 9.50. The third-order valence-corrected chi connectivity index (χ3v) is 8.82. The maximum Gasteiger partial charge on any atom is 0.344 e. The molecule has 0 N–H and O–H groups in total. The molecule has 160 valence electrons. The van der Waals surface area contributed by atoms with Crippen molar-refractivity contribution in [2.45, 2.75) is 93.1 Å². The lowest BCUT2D eigenvalue weighted by Crippen LogP contribution is -2.58. The van der Waals surface area contributed by atoms with Crippen LogP contribution in [0.25, 0.3) is 0 Å². The maximum atomic E-state index is 13.0. The van der Waals surface area contributed by atoms with Crippen molar-refractivity contribution in [3.05, 3.63) is 0 Å². The van der Waals surface area contributed by atoms with Gasteiger partial charge in [-0.25, -0.2) is 4.79 Å². The lowest BCUT2D eigenvalue weighted by molar-refractivity contribution is -0.209. The fraction of sp³-hybridized carbons (Fsp3) is 0.917. The first-order valence-electron chi connectivity index (χ1n) is 11.1. The van der Waals surface area contributed by atoms with Crippen molar-refractivity contribution < 1.29 is 19.1 Å². The molecule has 4 fully saturated rings. The van der Waals surface area contributed by atoms with E-state index in [9.17, 15) is 9.59 Å². The largest absolute Gasteiger partial charge is 0.456 e. The second kappa shape index (κ2) is 6.74. The van der Waals surface area contributed by atoms with Crippen molar-refractivity contribution in [1.29, 1.82) is 0 Å². The molecule has 0 radical (unpaired) electrons. The van der Waals surface area contributed by atoms with Gasteiger partial charge in [0, 0.05) is 0 Å². The molecule has 0 heterocycles. The van der Waals surface area contributed by atoms with Crippen LogP contribution in [-0.4, -0.2) is 24.1 Å². The van der Waals surface area contributed by atoms with E-state index in [0.717, 1.165) is 11.8 Å². The first kappa shape index (κ1) is 21.6. The van der Waals surface area contributed by atoms with Gasteiger partial charge < -0.3 is 9.47 Å². The number of carbonyl (C=O) groups is 2. The molecule has 4 aliphatic rings. The van der Waals surface area contributed by atoms with Crippen LogP contribution >= 0.6 is 0 Å². The van der Waals surface area contributed by atoms with Crippen molar-refractivity contribution in [3.8, 4) is 0 Å². The number of carbonyl (C=O) groups excluding carboxylic acids is 2. The zero-order valence-electron chi connectivity index (χ0n) is 19.2. The van der Waals surface area contributed by atoms with Gasteiger partial charge in [-0.2, -0.15) is 0 Å². The summed E-state index contributed by atoms with van der Waals surface area (Å²) in [5.74, 6) is 1.88. The van der Waals surface area contributed by atoms with E-state index in [-0.39, 0.29) is 29.0 Å². The van der Waals surface area contributed by atoms with Gasteiger partial charge in [-0.1, -0.05) is 41.5 Å². The van der Waals surface area contributed by atoms with Crippen LogP contribution in [0, 0.1) is 39.9 Å². The van der Waals surface area contributed by atoms with Crippen LogP contribution in [0.4, 0.5) is 0 Å². The van der Waals surface area contributed by atoms with Crippen molar-refractivity contribution in [3.63, 3.8) is 0 Å². The Kier molecular flexibility index (Phi) is 5.21. The van der Waals surface area contributed by atoms with Gasteiger partial charge >= 0.3 is 11.9 Å². The van der Waals surface area contributed by atoms with Crippen molar-refractivity contribution in [1.82, 2.24) is 0 Å². The smallest absolute Gasteiger partial charge is 0.344 e. The highest BCUT2D eigenvalue weighted by Crippen LogP contribution is 2.59. The minimum Gasteiger partial charge on any atom is -0.456 e. The van der Waals surface area contributed by atoms with E-state index in [4.69, 9.17) is 9.47 Å². The Bertz CT molecular complexity index is 592. The molecule has 4 rings (SSSR count). The molecule has 0 saturated heterocycles. The van der Waals surface area contributed by atoms with Crippen molar-refractivity contribution in [2.24, 2.45) is 39.9 Å². The van der Waals surface area contributed by atoms with Crippen molar-refractivity contribution in [2.75, 3.05) is 6.61 Å². The second-order valence-electron chi connectivity index (χ2n) is 12.2. The highest BCUT2D eigenvalue weighted by molar-refractivity contribution is 5.81. The highest BCUT2D eigenvalue weighted by Gasteiger charge is 2.57. The molecule has 0 spiro atoms.